The molecule has 6 nitrogen and oxygen atoms in total. The fourth-order valence-electron chi connectivity index (χ4n) is 2.45. The molecule has 0 fully saturated rings. The van der Waals surface area contributed by atoms with Gasteiger partial charge in [-0.05, 0) is 25.0 Å². The molecule has 0 radical (unpaired) electrons. The Bertz CT molecular complexity index is 637. The minimum Gasteiger partial charge on any atom is -0.345 e. The van der Waals surface area contributed by atoms with Crippen LogP contribution in [0.2, 0.25) is 5.15 Å². The van der Waals surface area contributed by atoms with Gasteiger partial charge in [0.05, 0.1) is 12.1 Å². The quantitative estimate of drug-likeness (QED) is 0.880. The lowest BCUT2D eigenvalue weighted by atomic mass is 10.2. The second-order valence-corrected chi connectivity index (χ2v) is 5.43. The van der Waals surface area contributed by atoms with Gasteiger partial charge in [-0.25, -0.2) is 4.98 Å². The first kappa shape index (κ1) is 14.0. The molecule has 1 aliphatic rings. The Balaban J connectivity index is 1.66. The monoisotopic (exact) mass is 305 g/mol. The van der Waals surface area contributed by atoms with Crippen LogP contribution in [0.1, 0.15) is 41.3 Å². The van der Waals surface area contributed by atoms with Gasteiger partial charge in [0, 0.05) is 19.2 Å². The summed E-state index contributed by atoms with van der Waals surface area (Å²) >= 11 is 5.71. The maximum atomic E-state index is 12.0. The first-order valence-electron chi connectivity index (χ1n) is 7.05. The number of carbonyl (C=O) groups is 1. The SMILES string of the molecule is O=C(NCc1nnc2n1CCCCC2)c1ccc(Cl)nc1. The standard InChI is InChI=1S/C14H16ClN5O/c15-11-6-5-10(8-16-11)14(21)17-9-13-19-18-12-4-2-1-3-7-20(12)13/h5-6,8H,1-4,7,9H2,(H,17,21). The molecule has 0 bridgehead atoms. The molecule has 7 heteroatoms. The van der Waals surface area contributed by atoms with E-state index >= 15 is 0 Å². The molecule has 0 aliphatic carbocycles. The van der Waals surface area contributed by atoms with Crippen molar-refractivity contribution < 1.29 is 4.79 Å². The number of hydrogen-bond acceptors (Lipinski definition) is 4. The van der Waals surface area contributed by atoms with E-state index in [0.29, 0.717) is 17.3 Å². The van der Waals surface area contributed by atoms with Gasteiger partial charge < -0.3 is 9.88 Å². The van der Waals surface area contributed by atoms with Crippen molar-refractivity contribution in [2.45, 2.75) is 38.8 Å². The van der Waals surface area contributed by atoms with Crippen LogP contribution in [0.15, 0.2) is 18.3 Å². The normalized spacial score (nSPS) is 14.3. The highest BCUT2D eigenvalue weighted by Crippen LogP contribution is 2.14. The average Bonchev–Trinajstić information content (AvgIpc) is 2.72. The van der Waals surface area contributed by atoms with Gasteiger partial charge in [0.1, 0.15) is 11.0 Å². The molecule has 1 aliphatic heterocycles. The van der Waals surface area contributed by atoms with Crippen LogP contribution in [0, 0.1) is 0 Å². The van der Waals surface area contributed by atoms with Crippen LogP contribution in [0.4, 0.5) is 0 Å². The van der Waals surface area contributed by atoms with Crippen LogP contribution in [-0.2, 0) is 19.5 Å². The number of halogens is 1. The maximum Gasteiger partial charge on any atom is 0.253 e. The summed E-state index contributed by atoms with van der Waals surface area (Å²) in [6, 6.07) is 3.24. The number of aromatic nitrogens is 4. The second-order valence-electron chi connectivity index (χ2n) is 5.05. The molecule has 0 spiro atoms. The topological polar surface area (TPSA) is 72.7 Å². The molecule has 2 aromatic rings. The molecular weight excluding hydrogens is 290 g/mol. The Morgan fingerprint density at radius 3 is 3.00 bits per heavy atom. The Morgan fingerprint density at radius 2 is 2.19 bits per heavy atom. The summed E-state index contributed by atoms with van der Waals surface area (Å²) in [6.07, 6.45) is 5.92. The maximum absolute atomic E-state index is 12.0. The lowest BCUT2D eigenvalue weighted by molar-refractivity contribution is 0.0949. The number of carbonyl (C=O) groups excluding carboxylic acids is 1. The van der Waals surface area contributed by atoms with E-state index in [9.17, 15) is 4.79 Å². The molecule has 21 heavy (non-hydrogen) atoms. The van der Waals surface area contributed by atoms with Crippen LogP contribution >= 0.6 is 11.6 Å². The number of fused-ring (bicyclic) bond motifs is 1. The fourth-order valence-corrected chi connectivity index (χ4v) is 2.56. The van der Waals surface area contributed by atoms with E-state index in [1.54, 1.807) is 12.1 Å². The van der Waals surface area contributed by atoms with Gasteiger partial charge in [0.2, 0.25) is 0 Å². The van der Waals surface area contributed by atoms with Crippen LogP contribution in [0.5, 0.6) is 0 Å². The lowest BCUT2D eigenvalue weighted by Gasteiger charge is -2.08. The van der Waals surface area contributed by atoms with E-state index in [0.717, 1.165) is 37.5 Å². The van der Waals surface area contributed by atoms with Gasteiger partial charge in [0.15, 0.2) is 5.82 Å². The van der Waals surface area contributed by atoms with Crippen LogP contribution in [0.3, 0.4) is 0 Å². The van der Waals surface area contributed by atoms with Gasteiger partial charge >= 0.3 is 0 Å². The van der Waals surface area contributed by atoms with Crippen LogP contribution < -0.4 is 5.32 Å². The van der Waals surface area contributed by atoms with Crippen molar-refractivity contribution in [3.8, 4) is 0 Å². The second kappa shape index (κ2) is 6.22. The Morgan fingerprint density at radius 1 is 1.29 bits per heavy atom. The van der Waals surface area contributed by atoms with Crippen molar-refractivity contribution in [2.75, 3.05) is 0 Å². The van der Waals surface area contributed by atoms with Crippen molar-refractivity contribution >= 4 is 17.5 Å². The molecule has 1 N–H and O–H groups in total. The van der Waals surface area contributed by atoms with E-state index in [2.05, 4.69) is 25.1 Å². The first-order valence-corrected chi connectivity index (χ1v) is 7.42. The summed E-state index contributed by atoms with van der Waals surface area (Å²) < 4.78 is 2.12. The molecule has 0 atom stereocenters. The largest absolute Gasteiger partial charge is 0.345 e. The third kappa shape index (κ3) is 3.21. The van der Waals surface area contributed by atoms with Gasteiger partial charge in [-0.2, -0.15) is 0 Å². The molecule has 0 unspecified atom stereocenters. The molecule has 110 valence electrons. The van der Waals surface area contributed by atoms with E-state index in [1.807, 2.05) is 0 Å². The van der Waals surface area contributed by atoms with Crippen molar-refractivity contribution in [3.63, 3.8) is 0 Å². The molecular formula is C14H16ClN5O. The van der Waals surface area contributed by atoms with Gasteiger partial charge in [-0.15, -0.1) is 10.2 Å². The number of aryl methyl sites for hydroxylation is 1. The zero-order chi connectivity index (χ0) is 14.7. The average molecular weight is 306 g/mol. The van der Waals surface area contributed by atoms with E-state index < -0.39 is 0 Å². The predicted octanol–water partition coefficient (Wildman–Crippen LogP) is 1.98. The Kier molecular flexibility index (Phi) is 4.15. The smallest absolute Gasteiger partial charge is 0.253 e. The minimum atomic E-state index is -0.190. The molecule has 0 saturated carbocycles. The zero-order valence-corrected chi connectivity index (χ0v) is 12.3. The zero-order valence-electron chi connectivity index (χ0n) is 11.5. The van der Waals surface area contributed by atoms with Crippen molar-refractivity contribution in [3.05, 3.63) is 40.7 Å². The van der Waals surface area contributed by atoms with Crippen molar-refractivity contribution in [1.29, 1.82) is 0 Å². The lowest BCUT2D eigenvalue weighted by Crippen LogP contribution is -2.25. The van der Waals surface area contributed by atoms with Crippen LogP contribution in [-0.4, -0.2) is 25.7 Å². The number of rotatable bonds is 3. The highest BCUT2D eigenvalue weighted by atomic mass is 35.5. The molecule has 3 rings (SSSR count). The molecule has 2 aromatic heterocycles. The van der Waals surface area contributed by atoms with E-state index in [-0.39, 0.29) is 5.91 Å². The molecule has 0 saturated heterocycles. The van der Waals surface area contributed by atoms with Gasteiger partial charge in [0.25, 0.3) is 5.91 Å². The van der Waals surface area contributed by atoms with Crippen LogP contribution in [0.25, 0.3) is 0 Å². The Labute approximate surface area is 127 Å². The Hall–Kier alpha value is -1.95. The molecule has 1 amide bonds. The third-order valence-electron chi connectivity index (χ3n) is 3.58. The summed E-state index contributed by atoms with van der Waals surface area (Å²) in [6.45, 7) is 1.30. The predicted molar refractivity (Wildman–Crippen MR) is 78.0 cm³/mol. The minimum absolute atomic E-state index is 0.190. The summed E-state index contributed by atoms with van der Waals surface area (Å²) in [5, 5.41) is 11.6. The number of nitrogens with one attached hydrogen (secondary N) is 1. The summed E-state index contributed by atoms with van der Waals surface area (Å²) in [5.74, 6) is 1.64. The molecule has 3 heterocycles. The van der Waals surface area contributed by atoms with E-state index in [4.69, 9.17) is 11.6 Å². The van der Waals surface area contributed by atoms with Gasteiger partial charge in [-0.3, -0.25) is 4.79 Å². The third-order valence-corrected chi connectivity index (χ3v) is 3.81. The number of amides is 1. The van der Waals surface area contributed by atoms with E-state index in [1.165, 1.54) is 12.6 Å². The highest BCUT2D eigenvalue weighted by molar-refractivity contribution is 6.29. The number of hydrogen-bond donors (Lipinski definition) is 1. The molecule has 0 aromatic carbocycles. The highest BCUT2D eigenvalue weighted by Gasteiger charge is 2.15. The number of pyridine rings is 1. The first-order chi connectivity index (χ1) is 10.2. The summed E-state index contributed by atoms with van der Waals surface area (Å²) in [5.41, 5.74) is 0.481. The van der Waals surface area contributed by atoms with Gasteiger partial charge in [-0.1, -0.05) is 18.0 Å². The van der Waals surface area contributed by atoms with Crippen molar-refractivity contribution in [1.82, 2.24) is 25.1 Å². The number of nitrogens with zero attached hydrogens (tertiary/aromatic N) is 4. The summed E-state index contributed by atoms with van der Waals surface area (Å²) in [4.78, 5) is 15.9. The fraction of sp³-hybridized carbons (Fsp3) is 0.429. The van der Waals surface area contributed by atoms with Crippen molar-refractivity contribution in [2.24, 2.45) is 0 Å². The summed E-state index contributed by atoms with van der Waals surface area (Å²) in [7, 11) is 0.